The van der Waals surface area contributed by atoms with Gasteiger partial charge in [-0.3, -0.25) is 9.78 Å². The number of carbonyl (C=O) groups is 1. The van der Waals surface area contributed by atoms with Crippen LogP contribution in [0.1, 0.15) is 30.5 Å². The number of pyridine rings is 1. The first-order valence-electron chi connectivity index (χ1n) is 9.06. The van der Waals surface area contributed by atoms with Crippen molar-refractivity contribution in [2.24, 2.45) is 0 Å². The summed E-state index contributed by atoms with van der Waals surface area (Å²) < 4.78 is 12.8. The Balaban J connectivity index is 1.32. The molecule has 0 saturated carbocycles. The SMILES string of the molecule is O=C(CCc1csc(-c2cccnc2)n1)NCCCCc1ccc(F)cc1. The smallest absolute Gasteiger partial charge is 0.220 e. The number of hydrogen-bond acceptors (Lipinski definition) is 4. The Bertz CT molecular complexity index is 849. The van der Waals surface area contributed by atoms with Gasteiger partial charge in [0.2, 0.25) is 5.91 Å². The van der Waals surface area contributed by atoms with Gasteiger partial charge in [0, 0.05) is 36.3 Å². The number of aromatic nitrogens is 2. The van der Waals surface area contributed by atoms with E-state index >= 15 is 0 Å². The van der Waals surface area contributed by atoms with Crippen molar-refractivity contribution in [2.45, 2.75) is 32.1 Å². The van der Waals surface area contributed by atoms with Gasteiger partial charge in [-0.2, -0.15) is 0 Å². The summed E-state index contributed by atoms with van der Waals surface area (Å²) in [5.41, 5.74) is 3.06. The monoisotopic (exact) mass is 383 g/mol. The lowest BCUT2D eigenvalue weighted by Crippen LogP contribution is -2.24. The fraction of sp³-hybridized carbons (Fsp3) is 0.286. The van der Waals surface area contributed by atoms with E-state index < -0.39 is 0 Å². The second-order valence-electron chi connectivity index (χ2n) is 6.32. The number of thiazole rings is 1. The molecule has 2 heterocycles. The van der Waals surface area contributed by atoms with Gasteiger partial charge in [-0.15, -0.1) is 11.3 Å². The van der Waals surface area contributed by atoms with Crippen molar-refractivity contribution in [1.82, 2.24) is 15.3 Å². The lowest BCUT2D eigenvalue weighted by atomic mass is 10.1. The summed E-state index contributed by atoms with van der Waals surface area (Å²) >= 11 is 1.57. The molecule has 3 rings (SSSR count). The van der Waals surface area contributed by atoms with Gasteiger partial charge in [0.15, 0.2) is 0 Å². The van der Waals surface area contributed by atoms with Crippen molar-refractivity contribution in [3.8, 4) is 10.6 Å². The molecule has 0 spiro atoms. The van der Waals surface area contributed by atoms with Gasteiger partial charge in [-0.05, 0) is 55.5 Å². The molecule has 1 aromatic carbocycles. The highest BCUT2D eigenvalue weighted by Crippen LogP contribution is 2.23. The molecule has 0 saturated heterocycles. The van der Waals surface area contributed by atoms with Crippen LogP contribution in [0.5, 0.6) is 0 Å². The van der Waals surface area contributed by atoms with Crippen LogP contribution in [-0.2, 0) is 17.6 Å². The van der Waals surface area contributed by atoms with Gasteiger partial charge in [-0.1, -0.05) is 12.1 Å². The van der Waals surface area contributed by atoms with E-state index in [9.17, 15) is 9.18 Å². The first-order chi connectivity index (χ1) is 13.2. The van der Waals surface area contributed by atoms with Crippen molar-refractivity contribution in [1.29, 1.82) is 0 Å². The number of benzene rings is 1. The van der Waals surface area contributed by atoms with E-state index in [-0.39, 0.29) is 11.7 Å². The molecule has 3 aromatic rings. The molecule has 1 amide bonds. The first kappa shape index (κ1) is 19.2. The number of nitrogens with zero attached hydrogens (tertiary/aromatic N) is 2. The molecular formula is C21H22FN3OS. The molecule has 0 aliphatic heterocycles. The Kier molecular flexibility index (Phi) is 7.04. The largest absolute Gasteiger partial charge is 0.356 e. The standard InChI is InChI=1S/C21H22FN3OS/c22-18-8-6-16(7-9-18)4-1-2-13-24-20(26)11-10-19-15-27-21(25-19)17-5-3-12-23-14-17/h3,5-9,12,14-15H,1-2,4,10-11,13H2,(H,24,26). The maximum atomic E-state index is 12.8. The lowest BCUT2D eigenvalue weighted by Gasteiger charge is -2.05. The van der Waals surface area contributed by atoms with Crippen molar-refractivity contribution >= 4 is 17.2 Å². The number of nitrogens with one attached hydrogen (secondary N) is 1. The molecule has 0 bridgehead atoms. The van der Waals surface area contributed by atoms with Gasteiger partial charge < -0.3 is 5.32 Å². The maximum absolute atomic E-state index is 12.8. The highest BCUT2D eigenvalue weighted by atomic mass is 32.1. The molecule has 1 N–H and O–H groups in total. The molecule has 0 aliphatic rings. The summed E-state index contributed by atoms with van der Waals surface area (Å²) in [5, 5.41) is 5.88. The van der Waals surface area contributed by atoms with Crippen LogP contribution in [0.15, 0.2) is 54.2 Å². The van der Waals surface area contributed by atoms with Gasteiger partial charge >= 0.3 is 0 Å². The molecule has 4 nitrogen and oxygen atoms in total. The summed E-state index contributed by atoms with van der Waals surface area (Å²) in [6.07, 6.45) is 7.37. The lowest BCUT2D eigenvalue weighted by molar-refractivity contribution is -0.121. The van der Waals surface area contributed by atoms with Gasteiger partial charge in [0.1, 0.15) is 10.8 Å². The zero-order valence-electron chi connectivity index (χ0n) is 15.0. The third kappa shape index (κ3) is 6.25. The van der Waals surface area contributed by atoms with Crippen LogP contribution in [0.3, 0.4) is 0 Å². The number of amides is 1. The number of unbranched alkanes of at least 4 members (excludes halogenated alkanes) is 1. The molecule has 2 aromatic heterocycles. The summed E-state index contributed by atoms with van der Waals surface area (Å²) in [7, 11) is 0. The molecule has 0 aliphatic carbocycles. The van der Waals surface area contributed by atoms with E-state index in [1.165, 1.54) is 12.1 Å². The van der Waals surface area contributed by atoms with Gasteiger partial charge in [-0.25, -0.2) is 9.37 Å². The van der Waals surface area contributed by atoms with E-state index in [0.717, 1.165) is 41.1 Å². The number of rotatable bonds is 9. The Hall–Kier alpha value is -2.60. The van der Waals surface area contributed by atoms with E-state index in [1.54, 1.807) is 23.7 Å². The van der Waals surface area contributed by atoms with Crippen LogP contribution in [0, 0.1) is 5.82 Å². The van der Waals surface area contributed by atoms with E-state index in [1.807, 2.05) is 29.6 Å². The predicted octanol–water partition coefficient (Wildman–Crippen LogP) is 4.42. The number of hydrogen-bond donors (Lipinski definition) is 1. The molecule has 140 valence electrons. The van der Waals surface area contributed by atoms with Crippen LogP contribution in [0.4, 0.5) is 4.39 Å². The normalized spacial score (nSPS) is 10.7. The fourth-order valence-electron chi connectivity index (χ4n) is 2.71. The molecule has 27 heavy (non-hydrogen) atoms. The second-order valence-corrected chi connectivity index (χ2v) is 7.18. The van der Waals surface area contributed by atoms with Crippen LogP contribution in [0.25, 0.3) is 10.6 Å². The Morgan fingerprint density at radius 2 is 1.96 bits per heavy atom. The highest BCUT2D eigenvalue weighted by Gasteiger charge is 2.07. The van der Waals surface area contributed by atoms with Crippen LogP contribution >= 0.6 is 11.3 Å². The molecule has 0 fully saturated rings. The number of halogens is 1. The highest BCUT2D eigenvalue weighted by molar-refractivity contribution is 7.13. The zero-order chi connectivity index (χ0) is 18.9. The van der Waals surface area contributed by atoms with Gasteiger partial charge in [0.25, 0.3) is 0 Å². The molecular weight excluding hydrogens is 361 g/mol. The molecule has 0 atom stereocenters. The topological polar surface area (TPSA) is 54.9 Å². The Morgan fingerprint density at radius 1 is 1.11 bits per heavy atom. The number of carbonyl (C=O) groups excluding carboxylic acids is 1. The molecule has 0 unspecified atom stereocenters. The van der Waals surface area contributed by atoms with Crippen LogP contribution in [-0.4, -0.2) is 22.4 Å². The van der Waals surface area contributed by atoms with Gasteiger partial charge in [0.05, 0.1) is 5.69 Å². The van der Waals surface area contributed by atoms with Crippen molar-refractivity contribution in [3.05, 3.63) is 71.2 Å². The second kappa shape index (κ2) is 9.92. The van der Waals surface area contributed by atoms with E-state index in [2.05, 4.69) is 15.3 Å². The number of aryl methyl sites for hydroxylation is 2. The average Bonchev–Trinajstić information content (AvgIpc) is 3.17. The Labute approximate surface area is 162 Å². The van der Waals surface area contributed by atoms with E-state index in [4.69, 9.17) is 0 Å². The fourth-order valence-corrected chi connectivity index (χ4v) is 3.55. The van der Waals surface area contributed by atoms with Crippen molar-refractivity contribution in [3.63, 3.8) is 0 Å². The summed E-state index contributed by atoms with van der Waals surface area (Å²) in [5.74, 6) is -0.161. The Morgan fingerprint density at radius 3 is 2.74 bits per heavy atom. The minimum atomic E-state index is -0.210. The summed E-state index contributed by atoms with van der Waals surface area (Å²) in [4.78, 5) is 20.7. The minimum Gasteiger partial charge on any atom is -0.356 e. The third-order valence-electron chi connectivity index (χ3n) is 4.20. The minimum absolute atomic E-state index is 0.0488. The van der Waals surface area contributed by atoms with Crippen molar-refractivity contribution in [2.75, 3.05) is 6.54 Å². The summed E-state index contributed by atoms with van der Waals surface area (Å²) in [6, 6.07) is 10.4. The predicted molar refractivity (Wildman–Crippen MR) is 106 cm³/mol. The quantitative estimate of drug-likeness (QED) is 0.557. The van der Waals surface area contributed by atoms with Crippen LogP contribution < -0.4 is 5.32 Å². The zero-order valence-corrected chi connectivity index (χ0v) is 15.8. The average molecular weight is 383 g/mol. The first-order valence-corrected chi connectivity index (χ1v) is 9.94. The molecule has 0 radical (unpaired) electrons. The van der Waals surface area contributed by atoms with E-state index in [0.29, 0.717) is 19.4 Å². The summed E-state index contributed by atoms with van der Waals surface area (Å²) in [6.45, 7) is 0.665. The van der Waals surface area contributed by atoms with Crippen LogP contribution in [0.2, 0.25) is 0 Å². The molecule has 6 heteroatoms. The third-order valence-corrected chi connectivity index (χ3v) is 5.14. The van der Waals surface area contributed by atoms with Crippen molar-refractivity contribution < 1.29 is 9.18 Å². The maximum Gasteiger partial charge on any atom is 0.220 e.